The molecule has 0 atom stereocenters. The van der Waals surface area contributed by atoms with Gasteiger partial charge in [0, 0.05) is 33.6 Å². The monoisotopic (exact) mass is 425 g/mol. The predicted molar refractivity (Wildman–Crippen MR) is 113 cm³/mol. The van der Waals surface area contributed by atoms with Gasteiger partial charge in [0.2, 0.25) is 0 Å². The summed E-state index contributed by atoms with van der Waals surface area (Å²) in [5, 5.41) is 17.0. The lowest BCUT2D eigenvalue weighted by molar-refractivity contribution is -0.385. The fraction of sp³-hybridized carbons (Fsp3) is 0.0476. The molecule has 2 amide bonds. The van der Waals surface area contributed by atoms with Gasteiger partial charge in [0.1, 0.15) is 0 Å². The molecule has 0 aromatic heterocycles. The van der Waals surface area contributed by atoms with Gasteiger partial charge in [-0.25, -0.2) is 0 Å². The number of anilines is 2. The number of hydrogen-bond donors (Lipinski definition) is 2. The standard InChI is InChI=1S/C21H16ClN3O5/c1-30-19-10-5-14(12-18(19)25(28)29)21(27)24-17-8-6-16(7-9-17)23-20(26)13-3-2-4-15(22)11-13/h2-12H,1H3,(H,23,26)(H,24,27). The van der Waals surface area contributed by atoms with Gasteiger partial charge in [-0.05, 0) is 54.6 Å². The number of carbonyl (C=O) groups is 2. The van der Waals surface area contributed by atoms with Crippen molar-refractivity contribution in [1.82, 2.24) is 0 Å². The van der Waals surface area contributed by atoms with Gasteiger partial charge in [-0.15, -0.1) is 0 Å². The molecular weight excluding hydrogens is 410 g/mol. The summed E-state index contributed by atoms with van der Waals surface area (Å²) in [7, 11) is 1.31. The predicted octanol–water partition coefficient (Wildman–Crippen LogP) is 4.76. The maximum absolute atomic E-state index is 12.4. The van der Waals surface area contributed by atoms with Crippen molar-refractivity contribution < 1.29 is 19.2 Å². The number of nitrogens with one attached hydrogen (secondary N) is 2. The van der Waals surface area contributed by atoms with Crippen LogP contribution >= 0.6 is 11.6 Å². The summed E-state index contributed by atoms with van der Waals surface area (Å²) in [6.45, 7) is 0. The SMILES string of the molecule is COc1ccc(C(=O)Nc2ccc(NC(=O)c3cccc(Cl)c3)cc2)cc1[N+](=O)[O-]. The van der Waals surface area contributed by atoms with E-state index in [2.05, 4.69) is 10.6 Å². The van der Waals surface area contributed by atoms with E-state index in [0.29, 0.717) is 22.0 Å². The van der Waals surface area contributed by atoms with E-state index in [1.807, 2.05) is 0 Å². The summed E-state index contributed by atoms with van der Waals surface area (Å²) in [5.74, 6) is -0.771. The first-order chi connectivity index (χ1) is 14.4. The number of benzene rings is 3. The van der Waals surface area contributed by atoms with Crippen LogP contribution in [0.4, 0.5) is 17.1 Å². The third-order valence-electron chi connectivity index (χ3n) is 4.13. The van der Waals surface area contributed by atoms with Gasteiger partial charge in [0.25, 0.3) is 11.8 Å². The number of nitrogens with zero attached hydrogens (tertiary/aromatic N) is 1. The molecule has 0 saturated carbocycles. The second-order valence-electron chi connectivity index (χ2n) is 6.14. The van der Waals surface area contributed by atoms with Crippen LogP contribution in [-0.4, -0.2) is 23.8 Å². The van der Waals surface area contributed by atoms with Gasteiger partial charge >= 0.3 is 5.69 Å². The van der Waals surface area contributed by atoms with E-state index in [9.17, 15) is 19.7 Å². The van der Waals surface area contributed by atoms with Gasteiger partial charge in [-0.3, -0.25) is 19.7 Å². The Morgan fingerprint density at radius 1 is 0.900 bits per heavy atom. The number of hydrogen-bond acceptors (Lipinski definition) is 5. The topological polar surface area (TPSA) is 111 Å². The van der Waals surface area contributed by atoms with Crippen LogP contribution in [0.3, 0.4) is 0 Å². The Kier molecular flexibility index (Phi) is 6.29. The molecule has 0 radical (unpaired) electrons. The first-order valence-electron chi connectivity index (χ1n) is 8.68. The number of halogens is 1. The van der Waals surface area contributed by atoms with Gasteiger partial charge in [-0.2, -0.15) is 0 Å². The molecule has 3 aromatic carbocycles. The zero-order valence-electron chi connectivity index (χ0n) is 15.7. The van der Waals surface area contributed by atoms with Crippen molar-refractivity contribution in [2.45, 2.75) is 0 Å². The minimum absolute atomic E-state index is 0.0661. The van der Waals surface area contributed by atoms with E-state index < -0.39 is 10.8 Å². The third kappa shape index (κ3) is 4.92. The molecule has 152 valence electrons. The van der Waals surface area contributed by atoms with E-state index in [1.54, 1.807) is 48.5 Å². The summed E-state index contributed by atoms with van der Waals surface area (Å²) in [5.41, 5.74) is 1.21. The highest BCUT2D eigenvalue weighted by Gasteiger charge is 2.18. The minimum atomic E-state index is -0.618. The third-order valence-corrected chi connectivity index (χ3v) is 4.36. The number of ether oxygens (including phenoxy) is 1. The van der Waals surface area contributed by atoms with E-state index in [4.69, 9.17) is 16.3 Å². The van der Waals surface area contributed by atoms with Crippen LogP contribution in [0.2, 0.25) is 5.02 Å². The average molecular weight is 426 g/mol. The van der Waals surface area contributed by atoms with E-state index in [0.717, 1.165) is 6.07 Å². The molecule has 0 unspecified atom stereocenters. The lowest BCUT2D eigenvalue weighted by Gasteiger charge is -2.09. The summed E-state index contributed by atoms with van der Waals surface area (Å²) in [6, 6.07) is 16.9. The van der Waals surface area contributed by atoms with Gasteiger partial charge in [0.05, 0.1) is 12.0 Å². The van der Waals surface area contributed by atoms with E-state index in [-0.39, 0.29) is 22.9 Å². The molecule has 9 heteroatoms. The normalized spacial score (nSPS) is 10.2. The fourth-order valence-corrected chi connectivity index (χ4v) is 2.84. The Bertz CT molecular complexity index is 1120. The number of rotatable bonds is 6. The Morgan fingerprint density at radius 3 is 1.97 bits per heavy atom. The molecule has 0 aliphatic rings. The molecular formula is C21H16ClN3O5. The molecule has 0 heterocycles. The molecule has 0 fully saturated rings. The van der Waals surface area contributed by atoms with Crippen LogP contribution in [0.1, 0.15) is 20.7 Å². The molecule has 0 aliphatic carbocycles. The van der Waals surface area contributed by atoms with Crippen molar-refractivity contribution in [1.29, 1.82) is 0 Å². The number of nitro groups is 1. The lowest BCUT2D eigenvalue weighted by atomic mass is 10.1. The van der Waals surface area contributed by atoms with Crippen molar-refractivity contribution >= 4 is 40.5 Å². The smallest absolute Gasteiger partial charge is 0.311 e. The molecule has 8 nitrogen and oxygen atoms in total. The van der Waals surface area contributed by atoms with E-state index >= 15 is 0 Å². The van der Waals surface area contributed by atoms with Gasteiger partial charge in [-0.1, -0.05) is 17.7 Å². The quantitative estimate of drug-likeness (QED) is 0.437. The van der Waals surface area contributed by atoms with Crippen molar-refractivity contribution in [3.63, 3.8) is 0 Å². The number of methoxy groups -OCH3 is 1. The zero-order valence-corrected chi connectivity index (χ0v) is 16.5. The highest BCUT2D eigenvalue weighted by molar-refractivity contribution is 6.31. The highest BCUT2D eigenvalue weighted by Crippen LogP contribution is 2.28. The Balaban J connectivity index is 1.68. The highest BCUT2D eigenvalue weighted by atomic mass is 35.5. The summed E-state index contributed by atoms with van der Waals surface area (Å²) in [4.78, 5) is 35.2. The number of amides is 2. The van der Waals surface area contributed by atoms with Crippen LogP contribution in [-0.2, 0) is 0 Å². The molecule has 3 rings (SSSR count). The fourth-order valence-electron chi connectivity index (χ4n) is 2.65. The van der Waals surface area contributed by atoms with Crippen molar-refractivity contribution in [2.75, 3.05) is 17.7 Å². The zero-order chi connectivity index (χ0) is 21.7. The molecule has 0 bridgehead atoms. The maximum Gasteiger partial charge on any atom is 0.311 e. The Morgan fingerprint density at radius 2 is 1.47 bits per heavy atom. The number of nitro benzene ring substituents is 1. The summed E-state index contributed by atoms with van der Waals surface area (Å²) in [6.07, 6.45) is 0. The second-order valence-corrected chi connectivity index (χ2v) is 6.58. The minimum Gasteiger partial charge on any atom is -0.490 e. The molecule has 0 saturated heterocycles. The Hall–Kier alpha value is -3.91. The van der Waals surface area contributed by atoms with E-state index in [1.165, 1.54) is 19.2 Å². The first kappa shape index (κ1) is 20.8. The average Bonchev–Trinajstić information content (AvgIpc) is 2.74. The Labute approximate surface area is 176 Å². The van der Waals surface area contributed by atoms with Crippen LogP contribution in [0, 0.1) is 10.1 Å². The van der Waals surface area contributed by atoms with Gasteiger partial charge < -0.3 is 15.4 Å². The van der Waals surface area contributed by atoms with Crippen LogP contribution < -0.4 is 15.4 Å². The largest absolute Gasteiger partial charge is 0.490 e. The second kappa shape index (κ2) is 9.06. The lowest BCUT2D eigenvalue weighted by Crippen LogP contribution is -2.13. The molecule has 3 aromatic rings. The summed E-state index contributed by atoms with van der Waals surface area (Å²) >= 11 is 5.89. The molecule has 0 spiro atoms. The molecule has 0 aliphatic heterocycles. The van der Waals surface area contributed by atoms with Crippen molar-refractivity contribution in [2.24, 2.45) is 0 Å². The van der Waals surface area contributed by atoms with Gasteiger partial charge in [0.15, 0.2) is 5.75 Å². The van der Waals surface area contributed by atoms with Crippen LogP contribution in [0.15, 0.2) is 66.7 Å². The molecule has 30 heavy (non-hydrogen) atoms. The van der Waals surface area contributed by atoms with Crippen molar-refractivity contribution in [3.05, 3.63) is 93.0 Å². The molecule has 2 N–H and O–H groups in total. The summed E-state index contributed by atoms with van der Waals surface area (Å²) < 4.78 is 4.93. The van der Waals surface area contributed by atoms with Crippen LogP contribution in [0.25, 0.3) is 0 Å². The number of carbonyl (C=O) groups excluding carboxylic acids is 2. The van der Waals surface area contributed by atoms with Crippen molar-refractivity contribution in [3.8, 4) is 5.75 Å². The first-order valence-corrected chi connectivity index (χ1v) is 9.06. The maximum atomic E-state index is 12.4. The van der Waals surface area contributed by atoms with Crippen LogP contribution in [0.5, 0.6) is 5.75 Å².